The molecule has 2 aromatic rings. The van der Waals surface area contributed by atoms with Crippen LogP contribution < -0.4 is 10.3 Å². The Balaban J connectivity index is 1.39. The molecule has 2 atom stereocenters. The number of hydrogen-bond donors (Lipinski definition) is 0. The summed E-state index contributed by atoms with van der Waals surface area (Å²) in [6.07, 6.45) is 5.09. The van der Waals surface area contributed by atoms with E-state index in [4.69, 9.17) is 4.74 Å². The predicted octanol–water partition coefficient (Wildman–Crippen LogP) is 2.42. The number of nitrogens with zero attached hydrogens (tertiary/aromatic N) is 4. The largest absolute Gasteiger partial charge is 0.494 e. The van der Waals surface area contributed by atoms with Crippen molar-refractivity contribution in [1.29, 1.82) is 0 Å². The lowest BCUT2D eigenvalue weighted by Gasteiger charge is -2.43. The molecular formula is C24H30N4O3. The molecule has 0 saturated carbocycles. The van der Waals surface area contributed by atoms with Crippen molar-refractivity contribution in [2.75, 3.05) is 33.3 Å². The molecule has 7 heteroatoms. The van der Waals surface area contributed by atoms with Crippen LogP contribution in [0.4, 0.5) is 0 Å². The van der Waals surface area contributed by atoms with E-state index in [9.17, 15) is 9.59 Å². The molecule has 1 amide bonds. The van der Waals surface area contributed by atoms with Crippen molar-refractivity contribution in [3.63, 3.8) is 0 Å². The number of ether oxygens (including phenoxy) is 1. The molecule has 2 saturated heterocycles. The first-order chi connectivity index (χ1) is 15.0. The second-order valence-electron chi connectivity index (χ2n) is 9.22. The van der Waals surface area contributed by atoms with Crippen LogP contribution in [0.15, 0.2) is 29.2 Å². The van der Waals surface area contributed by atoms with E-state index in [1.54, 1.807) is 19.4 Å². The van der Waals surface area contributed by atoms with Crippen molar-refractivity contribution in [2.45, 2.75) is 45.2 Å². The SMILES string of the molecule is COc1cnc(C)cc1C(=O)N1C[C@@H]2C[C@H](C1)c1ccc(CN3CCCC3)c(=O)n1C2. The highest BCUT2D eigenvalue weighted by molar-refractivity contribution is 5.97. The normalized spacial score (nSPS) is 23.0. The van der Waals surface area contributed by atoms with Crippen molar-refractivity contribution >= 4 is 5.91 Å². The third-order valence-corrected chi connectivity index (χ3v) is 7.02. The number of carbonyl (C=O) groups is 1. The van der Waals surface area contributed by atoms with Crippen molar-refractivity contribution < 1.29 is 9.53 Å². The minimum atomic E-state index is -0.0153. The Bertz CT molecular complexity index is 1060. The molecular weight excluding hydrogens is 392 g/mol. The van der Waals surface area contributed by atoms with Gasteiger partial charge in [0.15, 0.2) is 0 Å². The molecule has 2 aromatic heterocycles. The Morgan fingerprint density at radius 1 is 1.19 bits per heavy atom. The first kappa shape index (κ1) is 20.2. The van der Waals surface area contributed by atoms with Crippen LogP contribution in [0, 0.1) is 12.8 Å². The first-order valence-electron chi connectivity index (χ1n) is 11.3. The molecule has 0 unspecified atom stereocenters. The predicted molar refractivity (Wildman–Crippen MR) is 117 cm³/mol. The van der Waals surface area contributed by atoms with Gasteiger partial charge in [-0.2, -0.15) is 0 Å². The zero-order valence-electron chi connectivity index (χ0n) is 18.3. The molecule has 31 heavy (non-hydrogen) atoms. The van der Waals surface area contributed by atoms with Crippen LogP contribution in [0.2, 0.25) is 0 Å². The van der Waals surface area contributed by atoms with Gasteiger partial charge in [0, 0.05) is 49.0 Å². The van der Waals surface area contributed by atoms with Crippen LogP contribution in [0.5, 0.6) is 5.75 Å². The summed E-state index contributed by atoms with van der Waals surface area (Å²) in [5.41, 5.74) is 3.49. The number of methoxy groups -OCH3 is 1. The number of aromatic nitrogens is 2. The fourth-order valence-corrected chi connectivity index (χ4v) is 5.51. The van der Waals surface area contributed by atoms with Gasteiger partial charge in [-0.05, 0) is 57.3 Å². The molecule has 5 rings (SSSR count). The monoisotopic (exact) mass is 422 g/mol. The molecule has 2 fully saturated rings. The standard InChI is InChI=1S/C24H30N4O3/c1-16-9-20(22(31-2)11-25-16)24(30)27-12-17-10-19(15-27)21-6-5-18(23(29)28(21)13-17)14-26-7-3-4-8-26/h5-6,9,11,17,19H,3-4,7-8,10,12-15H2,1-2H3/t17-,19+/m0/s1. The van der Waals surface area contributed by atoms with Gasteiger partial charge >= 0.3 is 0 Å². The molecule has 0 spiro atoms. The van der Waals surface area contributed by atoms with Crippen molar-refractivity contribution in [1.82, 2.24) is 19.4 Å². The lowest BCUT2D eigenvalue weighted by atomic mass is 9.82. The third-order valence-electron chi connectivity index (χ3n) is 7.02. The maximum atomic E-state index is 13.3. The van der Waals surface area contributed by atoms with E-state index in [1.807, 2.05) is 22.5 Å². The van der Waals surface area contributed by atoms with Gasteiger partial charge in [0.05, 0.1) is 18.9 Å². The van der Waals surface area contributed by atoms with Gasteiger partial charge in [-0.15, -0.1) is 0 Å². The molecule has 2 bridgehead atoms. The molecule has 0 aliphatic carbocycles. The highest BCUT2D eigenvalue weighted by Crippen LogP contribution is 2.36. The number of carbonyl (C=O) groups excluding carboxylic acids is 1. The van der Waals surface area contributed by atoms with Gasteiger partial charge in [-0.3, -0.25) is 19.5 Å². The lowest BCUT2D eigenvalue weighted by Crippen LogP contribution is -2.49. The van der Waals surface area contributed by atoms with E-state index in [0.29, 0.717) is 36.9 Å². The third kappa shape index (κ3) is 3.76. The van der Waals surface area contributed by atoms with Crippen LogP contribution in [-0.4, -0.2) is 58.5 Å². The summed E-state index contributed by atoms with van der Waals surface area (Å²) >= 11 is 0. The summed E-state index contributed by atoms with van der Waals surface area (Å²) in [5.74, 6) is 0.982. The fourth-order valence-electron chi connectivity index (χ4n) is 5.51. The Hall–Kier alpha value is -2.67. The molecule has 0 aromatic carbocycles. The second kappa shape index (κ2) is 8.11. The van der Waals surface area contributed by atoms with E-state index >= 15 is 0 Å². The Labute approximate surface area is 182 Å². The summed E-state index contributed by atoms with van der Waals surface area (Å²) < 4.78 is 7.38. The number of pyridine rings is 2. The Morgan fingerprint density at radius 2 is 2.00 bits per heavy atom. The number of likely N-dealkylation sites (tertiary alicyclic amines) is 2. The maximum Gasteiger partial charge on any atom is 0.257 e. The molecule has 0 N–H and O–H groups in total. The van der Waals surface area contributed by atoms with Gasteiger partial charge < -0.3 is 14.2 Å². The van der Waals surface area contributed by atoms with Crippen LogP contribution in [0.1, 0.15) is 52.5 Å². The number of hydrogen-bond acceptors (Lipinski definition) is 5. The van der Waals surface area contributed by atoms with Crippen LogP contribution in [-0.2, 0) is 13.1 Å². The van der Waals surface area contributed by atoms with Crippen molar-refractivity contribution in [3.8, 4) is 5.75 Å². The highest BCUT2D eigenvalue weighted by Gasteiger charge is 2.37. The Kier molecular flexibility index (Phi) is 5.30. The van der Waals surface area contributed by atoms with E-state index < -0.39 is 0 Å². The van der Waals surface area contributed by atoms with Crippen LogP contribution in [0.25, 0.3) is 0 Å². The van der Waals surface area contributed by atoms with Gasteiger partial charge in [0.1, 0.15) is 5.75 Å². The second-order valence-corrected chi connectivity index (χ2v) is 9.22. The molecule has 3 aliphatic rings. The average Bonchev–Trinajstić information content (AvgIpc) is 3.28. The number of amides is 1. The summed E-state index contributed by atoms with van der Waals surface area (Å²) in [7, 11) is 1.57. The van der Waals surface area contributed by atoms with Gasteiger partial charge in [-0.1, -0.05) is 6.07 Å². The smallest absolute Gasteiger partial charge is 0.257 e. The van der Waals surface area contributed by atoms with Crippen LogP contribution in [0.3, 0.4) is 0 Å². The fraction of sp³-hybridized carbons (Fsp3) is 0.542. The van der Waals surface area contributed by atoms with E-state index in [2.05, 4.69) is 16.0 Å². The zero-order valence-corrected chi connectivity index (χ0v) is 18.3. The van der Waals surface area contributed by atoms with Gasteiger partial charge in [0.25, 0.3) is 11.5 Å². The number of fused-ring (bicyclic) bond motifs is 4. The van der Waals surface area contributed by atoms with E-state index in [0.717, 1.165) is 43.0 Å². The average molecular weight is 423 g/mol. The molecule has 7 nitrogen and oxygen atoms in total. The highest BCUT2D eigenvalue weighted by atomic mass is 16.5. The quantitative estimate of drug-likeness (QED) is 0.757. The molecule has 5 heterocycles. The van der Waals surface area contributed by atoms with Gasteiger partial charge in [-0.25, -0.2) is 0 Å². The van der Waals surface area contributed by atoms with Crippen LogP contribution >= 0.6 is 0 Å². The number of aryl methyl sites for hydroxylation is 1. The minimum absolute atomic E-state index is 0.0153. The first-order valence-corrected chi connectivity index (χ1v) is 11.3. The number of rotatable bonds is 4. The van der Waals surface area contributed by atoms with Crippen molar-refractivity contribution in [2.24, 2.45) is 5.92 Å². The van der Waals surface area contributed by atoms with Gasteiger partial charge in [0.2, 0.25) is 0 Å². The van der Waals surface area contributed by atoms with E-state index in [-0.39, 0.29) is 17.4 Å². The molecule has 0 radical (unpaired) electrons. The summed E-state index contributed by atoms with van der Waals surface area (Å²) in [5, 5.41) is 0. The van der Waals surface area contributed by atoms with E-state index in [1.165, 1.54) is 12.8 Å². The minimum Gasteiger partial charge on any atom is -0.494 e. The Morgan fingerprint density at radius 3 is 2.77 bits per heavy atom. The summed E-state index contributed by atoms with van der Waals surface area (Å²) in [6.45, 7) is 6.79. The van der Waals surface area contributed by atoms with Crippen molar-refractivity contribution in [3.05, 3.63) is 57.3 Å². The summed E-state index contributed by atoms with van der Waals surface area (Å²) in [6, 6.07) is 5.94. The lowest BCUT2D eigenvalue weighted by molar-refractivity contribution is 0.0590. The molecule has 164 valence electrons. The molecule has 3 aliphatic heterocycles. The number of piperidine rings is 1. The topological polar surface area (TPSA) is 67.7 Å². The zero-order chi connectivity index (χ0) is 21.5. The maximum absolute atomic E-state index is 13.3. The summed E-state index contributed by atoms with van der Waals surface area (Å²) in [4.78, 5) is 35.1.